The van der Waals surface area contributed by atoms with Crippen LogP contribution in [0.5, 0.6) is 0 Å². The average Bonchev–Trinajstić information content (AvgIpc) is 3.16. The minimum atomic E-state index is -0.790. The third-order valence-corrected chi connectivity index (χ3v) is 4.47. The average molecular weight is 314 g/mol. The summed E-state index contributed by atoms with van der Waals surface area (Å²) in [6.45, 7) is 1.62. The van der Waals surface area contributed by atoms with E-state index in [0.717, 1.165) is 36.6 Å². The molecule has 2 aromatic rings. The van der Waals surface area contributed by atoms with Crippen molar-refractivity contribution in [2.45, 2.75) is 44.8 Å². The number of para-hydroxylation sites is 1. The Hall–Kier alpha value is -2.30. The predicted octanol–water partition coefficient (Wildman–Crippen LogP) is 2.78. The molecule has 1 fully saturated rings. The maximum Gasteiger partial charge on any atom is 0.341 e. The molecule has 1 N–H and O–H groups in total. The molecule has 5 nitrogen and oxygen atoms in total. The normalized spacial score (nSPS) is 16.4. The number of carbonyl (C=O) groups excluding carboxylic acids is 2. The maximum absolute atomic E-state index is 12.4. The first-order valence-electron chi connectivity index (χ1n) is 8.11. The zero-order valence-electron chi connectivity index (χ0n) is 13.5. The van der Waals surface area contributed by atoms with Crippen molar-refractivity contribution in [1.82, 2.24) is 9.88 Å². The van der Waals surface area contributed by atoms with E-state index in [0.29, 0.717) is 5.56 Å². The van der Waals surface area contributed by atoms with Gasteiger partial charge in [0.1, 0.15) is 0 Å². The number of aryl methyl sites for hydroxylation is 1. The molecule has 1 aromatic carbocycles. The van der Waals surface area contributed by atoms with E-state index >= 15 is 0 Å². The van der Waals surface area contributed by atoms with Gasteiger partial charge in [-0.2, -0.15) is 0 Å². The van der Waals surface area contributed by atoms with Crippen molar-refractivity contribution < 1.29 is 14.3 Å². The second-order valence-electron chi connectivity index (χ2n) is 6.21. The Balaban J connectivity index is 1.69. The number of aromatic nitrogens is 1. The molecule has 0 aliphatic heterocycles. The van der Waals surface area contributed by atoms with Crippen molar-refractivity contribution in [3.63, 3.8) is 0 Å². The summed E-state index contributed by atoms with van der Waals surface area (Å²) < 4.78 is 7.25. The number of nitrogens with zero attached hydrogens (tertiary/aromatic N) is 1. The van der Waals surface area contributed by atoms with E-state index in [1.807, 2.05) is 35.9 Å². The van der Waals surface area contributed by atoms with Gasteiger partial charge < -0.3 is 14.6 Å². The Morgan fingerprint density at radius 1 is 1.26 bits per heavy atom. The lowest BCUT2D eigenvalue weighted by atomic mass is 10.2. The van der Waals surface area contributed by atoms with Gasteiger partial charge in [-0.3, -0.25) is 4.79 Å². The fraction of sp³-hybridized carbons (Fsp3) is 0.444. The molecule has 0 bridgehead atoms. The highest BCUT2D eigenvalue weighted by Crippen LogP contribution is 2.22. The molecule has 1 aliphatic rings. The van der Waals surface area contributed by atoms with Gasteiger partial charge in [0.25, 0.3) is 5.91 Å². The van der Waals surface area contributed by atoms with Gasteiger partial charge in [-0.15, -0.1) is 0 Å². The van der Waals surface area contributed by atoms with Crippen molar-refractivity contribution >= 4 is 22.8 Å². The third kappa shape index (κ3) is 3.23. The number of hydrogen-bond donors (Lipinski definition) is 1. The Kier molecular flexibility index (Phi) is 4.37. The number of nitrogens with one attached hydrogen (secondary N) is 1. The van der Waals surface area contributed by atoms with Gasteiger partial charge in [-0.25, -0.2) is 4.79 Å². The molecule has 1 amide bonds. The summed E-state index contributed by atoms with van der Waals surface area (Å²) in [7, 11) is 1.88. The van der Waals surface area contributed by atoms with Crippen LogP contribution in [0.15, 0.2) is 30.5 Å². The van der Waals surface area contributed by atoms with Gasteiger partial charge in [0, 0.05) is 30.2 Å². The van der Waals surface area contributed by atoms with Crippen molar-refractivity contribution in [3.8, 4) is 0 Å². The largest absolute Gasteiger partial charge is 0.449 e. The maximum atomic E-state index is 12.4. The van der Waals surface area contributed by atoms with Crippen LogP contribution in [-0.2, 0) is 16.6 Å². The van der Waals surface area contributed by atoms with E-state index < -0.39 is 12.1 Å². The molecule has 122 valence electrons. The quantitative estimate of drug-likeness (QED) is 0.883. The zero-order valence-corrected chi connectivity index (χ0v) is 13.5. The number of benzene rings is 1. The lowest BCUT2D eigenvalue weighted by Gasteiger charge is -2.17. The summed E-state index contributed by atoms with van der Waals surface area (Å²) >= 11 is 0. The van der Waals surface area contributed by atoms with Crippen LogP contribution in [0.1, 0.15) is 43.0 Å². The SMILES string of the molecule is CC(OC(=O)c1cn(C)c2ccccc12)C(=O)NC1CCCC1. The lowest BCUT2D eigenvalue weighted by Crippen LogP contribution is -2.40. The molecule has 1 unspecified atom stereocenters. The summed E-state index contributed by atoms with van der Waals surface area (Å²) in [5.74, 6) is -0.679. The topological polar surface area (TPSA) is 60.3 Å². The monoisotopic (exact) mass is 314 g/mol. The zero-order chi connectivity index (χ0) is 16.4. The summed E-state index contributed by atoms with van der Waals surface area (Å²) in [5.41, 5.74) is 1.45. The second kappa shape index (κ2) is 6.44. The number of hydrogen-bond acceptors (Lipinski definition) is 3. The summed E-state index contributed by atoms with van der Waals surface area (Å²) in [6, 6.07) is 7.86. The van der Waals surface area contributed by atoms with Crippen molar-refractivity contribution in [1.29, 1.82) is 0 Å². The summed E-state index contributed by atoms with van der Waals surface area (Å²) in [6.07, 6.45) is 5.27. The molecule has 1 aromatic heterocycles. The highest BCUT2D eigenvalue weighted by atomic mass is 16.5. The Morgan fingerprint density at radius 3 is 2.70 bits per heavy atom. The number of carbonyl (C=O) groups is 2. The number of rotatable bonds is 4. The van der Waals surface area contributed by atoms with Crippen LogP contribution in [0.25, 0.3) is 10.9 Å². The van der Waals surface area contributed by atoms with E-state index in [4.69, 9.17) is 4.74 Å². The van der Waals surface area contributed by atoms with E-state index in [9.17, 15) is 9.59 Å². The van der Waals surface area contributed by atoms with Crippen molar-refractivity contribution in [3.05, 3.63) is 36.0 Å². The smallest absolute Gasteiger partial charge is 0.341 e. The minimum absolute atomic E-state index is 0.217. The Bertz CT molecular complexity index is 729. The molecular weight excluding hydrogens is 292 g/mol. The molecule has 0 radical (unpaired) electrons. The predicted molar refractivity (Wildman–Crippen MR) is 88.2 cm³/mol. The van der Waals surface area contributed by atoms with Crippen LogP contribution in [0, 0.1) is 0 Å². The summed E-state index contributed by atoms with van der Waals surface area (Å²) in [4.78, 5) is 24.5. The molecule has 1 heterocycles. The van der Waals surface area contributed by atoms with Crippen molar-refractivity contribution in [2.75, 3.05) is 0 Å². The second-order valence-corrected chi connectivity index (χ2v) is 6.21. The van der Waals surface area contributed by atoms with Gasteiger partial charge in [0.15, 0.2) is 6.10 Å². The molecule has 1 saturated carbocycles. The number of fused-ring (bicyclic) bond motifs is 1. The molecule has 1 atom stereocenters. The Morgan fingerprint density at radius 2 is 1.96 bits per heavy atom. The highest BCUT2D eigenvalue weighted by Gasteiger charge is 2.24. The molecule has 5 heteroatoms. The van der Waals surface area contributed by atoms with E-state index in [2.05, 4.69) is 5.32 Å². The van der Waals surface area contributed by atoms with E-state index in [1.165, 1.54) is 0 Å². The number of ether oxygens (including phenoxy) is 1. The van der Waals surface area contributed by atoms with Crippen LogP contribution in [-0.4, -0.2) is 28.6 Å². The van der Waals surface area contributed by atoms with Crippen LogP contribution in [0.4, 0.5) is 0 Å². The molecule has 1 aliphatic carbocycles. The lowest BCUT2D eigenvalue weighted by molar-refractivity contribution is -0.129. The molecule has 3 rings (SSSR count). The first-order valence-corrected chi connectivity index (χ1v) is 8.11. The van der Waals surface area contributed by atoms with Crippen LogP contribution in [0.3, 0.4) is 0 Å². The number of esters is 1. The van der Waals surface area contributed by atoms with Crippen LogP contribution < -0.4 is 5.32 Å². The summed E-state index contributed by atoms with van der Waals surface area (Å²) in [5, 5.41) is 3.79. The van der Waals surface area contributed by atoms with Crippen molar-refractivity contribution in [2.24, 2.45) is 7.05 Å². The van der Waals surface area contributed by atoms with E-state index in [1.54, 1.807) is 13.1 Å². The number of amides is 1. The molecule has 23 heavy (non-hydrogen) atoms. The highest BCUT2D eigenvalue weighted by molar-refractivity contribution is 6.05. The first-order chi connectivity index (χ1) is 11.1. The van der Waals surface area contributed by atoms with Gasteiger partial charge >= 0.3 is 5.97 Å². The fourth-order valence-corrected chi connectivity index (χ4v) is 3.17. The van der Waals surface area contributed by atoms with Crippen LogP contribution >= 0.6 is 0 Å². The first kappa shape index (κ1) is 15.6. The van der Waals surface area contributed by atoms with Crippen LogP contribution in [0.2, 0.25) is 0 Å². The Labute approximate surface area is 135 Å². The fourth-order valence-electron chi connectivity index (χ4n) is 3.17. The van der Waals surface area contributed by atoms with Gasteiger partial charge in [0.05, 0.1) is 5.56 Å². The molecule has 0 saturated heterocycles. The van der Waals surface area contributed by atoms with Gasteiger partial charge in [0.2, 0.25) is 0 Å². The van der Waals surface area contributed by atoms with E-state index in [-0.39, 0.29) is 11.9 Å². The molecule has 0 spiro atoms. The van der Waals surface area contributed by atoms with Gasteiger partial charge in [-0.05, 0) is 25.8 Å². The minimum Gasteiger partial charge on any atom is -0.449 e. The standard InChI is InChI=1S/C18H22N2O3/c1-12(17(21)19-13-7-3-4-8-13)23-18(22)15-11-20(2)16-10-6-5-9-14(15)16/h5-6,9-13H,3-4,7-8H2,1-2H3,(H,19,21). The third-order valence-electron chi connectivity index (χ3n) is 4.47. The van der Waals surface area contributed by atoms with Gasteiger partial charge in [-0.1, -0.05) is 31.0 Å². The molecular formula is C18H22N2O3.